The lowest BCUT2D eigenvalue weighted by Crippen LogP contribution is -2.13. The molecule has 0 aliphatic carbocycles. The molecule has 0 bridgehead atoms. The van der Waals surface area contributed by atoms with Crippen LogP contribution in [0.1, 0.15) is 15.9 Å². The number of pyridine rings is 1. The first-order valence-corrected chi connectivity index (χ1v) is 8.01. The van der Waals surface area contributed by atoms with Gasteiger partial charge in [0.15, 0.2) is 0 Å². The number of rotatable bonds is 2. The summed E-state index contributed by atoms with van der Waals surface area (Å²) in [5.74, 6) is -0.315. The zero-order chi connectivity index (χ0) is 16.6. The molecule has 0 saturated carbocycles. The van der Waals surface area contributed by atoms with Gasteiger partial charge in [-0.2, -0.15) is 0 Å². The predicted octanol–water partition coefficient (Wildman–Crippen LogP) is 4.50. The van der Waals surface area contributed by atoms with Gasteiger partial charge >= 0.3 is 0 Å². The first kappa shape index (κ1) is 15.8. The van der Waals surface area contributed by atoms with Crippen LogP contribution in [-0.4, -0.2) is 10.9 Å². The lowest BCUT2D eigenvalue weighted by Gasteiger charge is -2.08. The first-order chi connectivity index (χ1) is 10.9. The molecule has 2 aromatic carbocycles. The number of aromatic amines is 1. The van der Waals surface area contributed by atoms with Crippen molar-refractivity contribution in [3.05, 3.63) is 73.4 Å². The van der Waals surface area contributed by atoms with Crippen molar-refractivity contribution in [3.8, 4) is 0 Å². The molecule has 4 nitrogen and oxygen atoms in total. The second-order valence-electron chi connectivity index (χ2n) is 5.16. The van der Waals surface area contributed by atoms with Crippen LogP contribution in [-0.2, 0) is 0 Å². The van der Waals surface area contributed by atoms with Crippen molar-refractivity contribution in [1.29, 1.82) is 0 Å². The Labute approximate surface area is 145 Å². The third-order valence-corrected chi connectivity index (χ3v) is 4.29. The van der Waals surface area contributed by atoms with Crippen molar-refractivity contribution in [3.63, 3.8) is 0 Å². The number of hydrogen-bond donors (Lipinski definition) is 2. The normalized spacial score (nSPS) is 10.7. The van der Waals surface area contributed by atoms with Crippen molar-refractivity contribution in [1.82, 2.24) is 4.98 Å². The minimum atomic E-state index is -0.315. The van der Waals surface area contributed by atoms with Crippen molar-refractivity contribution in [2.75, 3.05) is 5.32 Å². The SMILES string of the molecule is Cc1cc2ccc(NC(=O)c3cc(Br)ccc3Cl)cc2[nH]c1=O. The maximum Gasteiger partial charge on any atom is 0.257 e. The second kappa shape index (κ2) is 6.18. The number of aryl methyl sites for hydroxylation is 1. The molecule has 3 aromatic rings. The molecule has 1 amide bonds. The lowest BCUT2D eigenvalue weighted by molar-refractivity contribution is 0.102. The second-order valence-corrected chi connectivity index (χ2v) is 6.48. The summed E-state index contributed by atoms with van der Waals surface area (Å²) in [6.45, 7) is 1.75. The van der Waals surface area contributed by atoms with Gasteiger partial charge in [0.05, 0.1) is 16.1 Å². The van der Waals surface area contributed by atoms with Gasteiger partial charge in [0.2, 0.25) is 0 Å². The molecular weight excluding hydrogens is 380 g/mol. The number of halogens is 2. The van der Waals surface area contributed by atoms with E-state index < -0.39 is 0 Å². The van der Waals surface area contributed by atoms with E-state index in [-0.39, 0.29) is 11.5 Å². The minimum Gasteiger partial charge on any atom is -0.322 e. The largest absolute Gasteiger partial charge is 0.322 e. The Kier molecular flexibility index (Phi) is 4.24. The summed E-state index contributed by atoms with van der Waals surface area (Å²) < 4.78 is 0.769. The van der Waals surface area contributed by atoms with E-state index >= 15 is 0 Å². The Balaban J connectivity index is 1.95. The average Bonchev–Trinajstić information content (AvgIpc) is 2.51. The van der Waals surface area contributed by atoms with Crippen LogP contribution in [0.3, 0.4) is 0 Å². The molecule has 0 radical (unpaired) electrons. The highest BCUT2D eigenvalue weighted by molar-refractivity contribution is 9.10. The van der Waals surface area contributed by atoms with Crippen molar-refractivity contribution >= 4 is 50.0 Å². The summed E-state index contributed by atoms with van der Waals surface area (Å²) in [5, 5.41) is 4.06. The fourth-order valence-electron chi connectivity index (χ4n) is 2.26. The number of benzene rings is 2. The van der Waals surface area contributed by atoms with E-state index in [9.17, 15) is 9.59 Å². The molecule has 23 heavy (non-hydrogen) atoms. The summed E-state index contributed by atoms with van der Waals surface area (Å²) >= 11 is 9.38. The van der Waals surface area contributed by atoms with E-state index in [4.69, 9.17) is 11.6 Å². The number of nitrogens with one attached hydrogen (secondary N) is 2. The van der Waals surface area contributed by atoms with Gasteiger partial charge in [0.25, 0.3) is 11.5 Å². The molecule has 1 heterocycles. The topological polar surface area (TPSA) is 62.0 Å². The van der Waals surface area contributed by atoms with E-state index in [2.05, 4.69) is 26.2 Å². The molecule has 3 rings (SSSR count). The highest BCUT2D eigenvalue weighted by atomic mass is 79.9. The smallest absolute Gasteiger partial charge is 0.257 e. The number of carbonyl (C=O) groups is 1. The van der Waals surface area contributed by atoms with E-state index in [1.54, 1.807) is 37.3 Å². The van der Waals surface area contributed by atoms with Gasteiger partial charge < -0.3 is 10.3 Å². The molecule has 0 aliphatic rings. The zero-order valence-electron chi connectivity index (χ0n) is 12.1. The number of aromatic nitrogens is 1. The molecule has 0 fully saturated rings. The first-order valence-electron chi connectivity index (χ1n) is 6.84. The van der Waals surface area contributed by atoms with Crippen LogP contribution in [0.5, 0.6) is 0 Å². The molecule has 0 spiro atoms. The van der Waals surface area contributed by atoms with E-state index in [0.717, 1.165) is 9.86 Å². The van der Waals surface area contributed by atoms with Crippen LogP contribution in [0.25, 0.3) is 10.9 Å². The van der Waals surface area contributed by atoms with Crippen molar-refractivity contribution in [2.24, 2.45) is 0 Å². The summed E-state index contributed by atoms with van der Waals surface area (Å²) in [5.41, 5.74) is 2.13. The average molecular weight is 392 g/mol. The van der Waals surface area contributed by atoms with E-state index in [0.29, 0.717) is 27.4 Å². The monoisotopic (exact) mass is 390 g/mol. The molecule has 0 atom stereocenters. The summed E-state index contributed by atoms with van der Waals surface area (Å²) in [4.78, 5) is 26.9. The maximum atomic E-state index is 12.4. The number of fused-ring (bicyclic) bond motifs is 1. The molecule has 1 aromatic heterocycles. The molecule has 0 saturated heterocycles. The van der Waals surface area contributed by atoms with Gasteiger partial charge in [-0.25, -0.2) is 0 Å². The molecule has 0 aliphatic heterocycles. The molecule has 6 heteroatoms. The molecule has 116 valence electrons. The van der Waals surface area contributed by atoms with E-state index in [1.165, 1.54) is 0 Å². The third kappa shape index (κ3) is 3.30. The number of anilines is 1. The molecule has 2 N–H and O–H groups in total. The summed E-state index contributed by atoms with van der Waals surface area (Å²) in [6, 6.07) is 12.2. The fourth-order valence-corrected chi connectivity index (χ4v) is 2.82. The van der Waals surface area contributed by atoms with Gasteiger partial charge in [0, 0.05) is 15.7 Å². The standard InChI is InChI=1S/C17H12BrClN2O2/c1-9-6-10-2-4-12(8-15(10)21-16(9)22)20-17(23)13-7-11(18)3-5-14(13)19/h2-8H,1H3,(H,20,23)(H,21,22). The summed E-state index contributed by atoms with van der Waals surface area (Å²) in [6.07, 6.45) is 0. The minimum absolute atomic E-state index is 0.143. The van der Waals surface area contributed by atoms with Gasteiger partial charge in [-0.1, -0.05) is 33.6 Å². The van der Waals surface area contributed by atoms with E-state index in [1.807, 2.05) is 12.1 Å². The van der Waals surface area contributed by atoms with Gasteiger partial charge in [-0.3, -0.25) is 9.59 Å². The fraction of sp³-hybridized carbons (Fsp3) is 0.0588. The van der Waals surface area contributed by atoms with Crippen LogP contribution in [0.15, 0.2) is 51.7 Å². The lowest BCUT2D eigenvalue weighted by atomic mass is 10.1. The highest BCUT2D eigenvalue weighted by Crippen LogP contribution is 2.23. The van der Waals surface area contributed by atoms with Gasteiger partial charge in [-0.05, 0) is 48.7 Å². The molecular formula is C17H12BrClN2O2. The number of amides is 1. The Bertz CT molecular complexity index is 982. The molecule has 0 unspecified atom stereocenters. The maximum absolute atomic E-state index is 12.4. The Morgan fingerprint density at radius 3 is 2.74 bits per heavy atom. The number of hydrogen-bond acceptors (Lipinski definition) is 2. The van der Waals surface area contributed by atoms with Crippen LogP contribution in [0, 0.1) is 6.92 Å². The Morgan fingerprint density at radius 2 is 1.96 bits per heavy atom. The van der Waals surface area contributed by atoms with Crippen LogP contribution in [0.2, 0.25) is 5.02 Å². The Hall–Kier alpha value is -2.11. The summed E-state index contributed by atoms with van der Waals surface area (Å²) in [7, 11) is 0. The van der Waals surface area contributed by atoms with Crippen molar-refractivity contribution in [2.45, 2.75) is 6.92 Å². The van der Waals surface area contributed by atoms with Crippen LogP contribution in [0.4, 0.5) is 5.69 Å². The number of H-pyrrole nitrogens is 1. The van der Waals surface area contributed by atoms with Crippen LogP contribution >= 0.6 is 27.5 Å². The highest BCUT2D eigenvalue weighted by Gasteiger charge is 2.11. The van der Waals surface area contributed by atoms with Crippen LogP contribution < -0.4 is 10.9 Å². The predicted molar refractivity (Wildman–Crippen MR) is 96.4 cm³/mol. The Morgan fingerprint density at radius 1 is 1.17 bits per heavy atom. The van der Waals surface area contributed by atoms with Gasteiger partial charge in [-0.15, -0.1) is 0 Å². The number of carbonyl (C=O) groups excluding carboxylic acids is 1. The third-order valence-electron chi connectivity index (χ3n) is 3.46. The van der Waals surface area contributed by atoms with Gasteiger partial charge in [0.1, 0.15) is 0 Å². The quantitative estimate of drug-likeness (QED) is 0.675. The van der Waals surface area contributed by atoms with Crippen molar-refractivity contribution < 1.29 is 4.79 Å². The zero-order valence-corrected chi connectivity index (χ0v) is 14.5.